The van der Waals surface area contributed by atoms with Gasteiger partial charge in [0.2, 0.25) is 0 Å². The number of hydrogen-bond acceptors (Lipinski definition) is 4. The molecule has 3 N–H and O–H groups in total. The van der Waals surface area contributed by atoms with E-state index >= 15 is 0 Å². The van der Waals surface area contributed by atoms with Crippen LogP contribution in [-0.2, 0) is 12.8 Å². The Labute approximate surface area is 156 Å². The van der Waals surface area contributed by atoms with Crippen LogP contribution in [0, 0.1) is 0 Å². The highest BCUT2D eigenvalue weighted by molar-refractivity contribution is 9.10. The summed E-state index contributed by atoms with van der Waals surface area (Å²) < 4.78 is 6.53. The maximum atomic E-state index is 12.6. The lowest BCUT2D eigenvalue weighted by Gasteiger charge is -2.11. The van der Waals surface area contributed by atoms with Gasteiger partial charge in [-0.2, -0.15) is 0 Å². The zero-order valence-electron chi connectivity index (χ0n) is 13.2. The van der Waals surface area contributed by atoms with Gasteiger partial charge in [-0.25, -0.2) is 0 Å². The molecule has 2 heterocycles. The third-order valence-corrected chi connectivity index (χ3v) is 6.05. The minimum atomic E-state index is -0.497. The highest BCUT2D eigenvalue weighted by Gasteiger charge is 2.25. The molecule has 4 rings (SSSR count). The van der Waals surface area contributed by atoms with E-state index in [1.54, 1.807) is 12.1 Å². The summed E-state index contributed by atoms with van der Waals surface area (Å²) >= 11 is 4.84. The van der Waals surface area contributed by atoms with E-state index in [2.05, 4.69) is 21.2 Å². The normalized spacial score (nSPS) is 13.6. The fourth-order valence-electron chi connectivity index (χ4n) is 3.21. The number of benzene rings is 1. The first-order valence-corrected chi connectivity index (χ1v) is 9.58. The Morgan fingerprint density at radius 3 is 2.80 bits per heavy atom. The second-order valence-electron chi connectivity index (χ2n) is 6.03. The van der Waals surface area contributed by atoms with Crippen LogP contribution in [0.25, 0.3) is 11.0 Å². The summed E-state index contributed by atoms with van der Waals surface area (Å²) in [7, 11) is 0. The number of fused-ring (bicyclic) bond motifs is 2. The van der Waals surface area contributed by atoms with E-state index in [1.807, 2.05) is 12.1 Å². The Hall–Kier alpha value is -2.12. The number of nitrogens with one attached hydrogen (secondary N) is 1. The second-order valence-corrected chi connectivity index (χ2v) is 8.05. The molecule has 7 heteroatoms. The minimum Gasteiger partial charge on any atom is -0.451 e. The van der Waals surface area contributed by atoms with Crippen LogP contribution in [0.1, 0.15) is 44.2 Å². The summed E-state index contributed by atoms with van der Waals surface area (Å²) in [6.07, 6.45) is 3.89. The first-order valence-electron chi connectivity index (χ1n) is 7.97. The summed E-state index contributed by atoms with van der Waals surface area (Å²) in [5.41, 5.74) is 7.64. The molecule has 0 aliphatic heterocycles. The lowest BCUT2D eigenvalue weighted by Crippen LogP contribution is -2.18. The smallest absolute Gasteiger partial charge is 0.292 e. The van der Waals surface area contributed by atoms with Crippen molar-refractivity contribution in [2.45, 2.75) is 25.7 Å². The zero-order chi connectivity index (χ0) is 17.6. The van der Waals surface area contributed by atoms with Crippen molar-refractivity contribution in [2.24, 2.45) is 5.73 Å². The summed E-state index contributed by atoms with van der Waals surface area (Å²) in [6, 6.07) is 7.22. The number of hydrogen-bond donors (Lipinski definition) is 2. The van der Waals surface area contributed by atoms with Gasteiger partial charge < -0.3 is 15.5 Å². The number of carbonyl (C=O) groups is 2. The van der Waals surface area contributed by atoms with Gasteiger partial charge >= 0.3 is 0 Å². The van der Waals surface area contributed by atoms with Gasteiger partial charge in [-0.05, 0) is 55.5 Å². The number of rotatable bonds is 3. The van der Waals surface area contributed by atoms with Crippen molar-refractivity contribution in [1.82, 2.24) is 0 Å². The van der Waals surface area contributed by atoms with Crippen molar-refractivity contribution in [3.63, 3.8) is 0 Å². The highest BCUT2D eigenvalue weighted by atomic mass is 79.9. The fraction of sp³-hybridized carbons (Fsp3) is 0.222. The van der Waals surface area contributed by atoms with E-state index in [1.165, 1.54) is 11.3 Å². The van der Waals surface area contributed by atoms with Gasteiger partial charge in [0.15, 0.2) is 5.76 Å². The molecule has 0 saturated heterocycles. The summed E-state index contributed by atoms with van der Waals surface area (Å²) in [5, 5.41) is 4.17. The monoisotopic (exact) mass is 418 g/mol. The molecular formula is C18H15BrN2O3S. The number of aryl methyl sites for hydroxylation is 1. The standard InChI is InChI=1S/C18H15BrN2O3S/c19-10-5-6-12-9(7-10)8-13(24-12)17(23)21-18-15(16(20)22)11-3-1-2-4-14(11)25-18/h5-8H,1-4H2,(H2,20,22)(H,21,23). The summed E-state index contributed by atoms with van der Waals surface area (Å²) in [6.45, 7) is 0. The maximum absolute atomic E-state index is 12.6. The fourth-order valence-corrected chi connectivity index (χ4v) is 4.87. The van der Waals surface area contributed by atoms with Gasteiger partial charge in [-0.1, -0.05) is 15.9 Å². The van der Waals surface area contributed by atoms with Gasteiger partial charge in [-0.3, -0.25) is 9.59 Å². The number of nitrogens with two attached hydrogens (primary N) is 1. The molecule has 1 aliphatic rings. The predicted octanol–water partition coefficient (Wildman–Crippen LogP) is 4.49. The van der Waals surface area contributed by atoms with Crippen LogP contribution in [-0.4, -0.2) is 11.8 Å². The largest absolute Gasteiger partial charge is 0.451 e. The van der Waals surface area contributed by atoms with E-state index in [0.29, 0.717) is 16.1 Å². The Bertz CT molecular complexity index is 1010. The van der Waals surface area contributed by atoms with Crippen LogP contribution in [0.3, 0.4) is 0 Å². The zero-order valence-corrected chi connectivity index (χ0v) is 15.6. The van der Waals surface area contributed by atoms with Gasteiger partial charge in [0.1, 0.15) is 10.6 Å². The van der Waals surface area contributed by atoms with Crippen LogP contribution >= 0.6 is 27.3 Å². The van der Waals surface area contributed by atoms with E-state index in [0.717, 1.165) is 46.0 Å². The molecule has 0 fully saturated rings. The highest BCUT2D eigenvalue weighted by Crippen LogP contribution is 2.38. The molecule has 0 bridgehead atoms. The average molecular weight is 419 g/mol. The predicted molar refractivity (Wildman–Crippen MR) is 101 cm³/mol. The number of halogens is 1. The Kier molecular flexibility index (Phi) is 4.13. The van der Waals surface area contributed by atoms with E-state index in [-0.39, 0.29) is 11.7 Å². The lowest BCUT2D eigenvalue weighted by molar-refractivity contribution is 0.0999. The van der Waals surface area contributed by atoms with Crippen LogP contribution in [0.2, 0.25) is 0 Å². The first-order chi connectivity index (χ1) is 12.0. The third-order valence-electron chi connectivity index (χ3n) is 4.35. The molecule has 2 aromatic heterocycles. The molecule has 3 aromatic rings. The Morgan fingerprint density at radius 1 is 1.20 bits per heavy atom. The topological polar surface area (TPSA) is 85.3 Å². The number of anilines is 1. The molecule has 2 amide bonds. The third kappa shape index (κ3) is 2.98. The molecular weight excluding hydrogens is 404 g/mol. The molecule has 0 saturated carbocycles. The number of amides is 2. The molecule has 1 aromatic carbocycles. The van der Waals surface area contributed by atoms with Gasteiger partial charge in [-0.15, -0.1) is 11.3 Å². The van der Waals surface area contributed by atoms with Gasteiger partial charge in [0.25, 0.3) is 11.8 Å². The van der Waals surface area contributed by atoms with Crippen molar-refractivity contribution in [3.8, 4) is 0 Å². The van der Waals surface area contributed by atoms with Crippen molar-refractivity contribution < 1.29 is 14.0 Å². The SMILES string of the molecule is NC(=O)c1c(NC(=O)c2cc3cc(Br)ccc3o2)sc2c1CCCC2. The Morgan fingerprint density at radius 2 is 2.00 bits per heavy atom. The van der Waals surface area contributed by atoms with Crippen LogP contribution < -0.4 is 11.1 Å². The van der Waals surface area contributed by atoms with E-state index in [4.69, 9.17) is 10.2 Å². The average Bonchev–Trinajstić information content (AvgIpc) is 3.14. The van der Waals surface area contributed by atoms with E-state index < -0.39 is 5.91 Å². The molecule has 0 spiro atoms. The molecule has 25 heavy (non-hydrogen) atoms. The van der Waals surface area contributed by atoms with Crippen molar-refractivity contribution >= 4 is 55.1 Å². The van der Waals surface area contributed by atoms with Gasteiger partial charge in [0.05, 0.1) is 5.56 Å². The molecule has 128 valence electrons. The molecule has 1 aliphatic carbocycles. The summed E-state index contributed by atoms with van der Waals surface area (Å²) in [5.74, 6) is -0.674. The number of carbonyl (C=O) groups excluding carboxylic acids is 2. The quantitative estimate of drug-likeness (QED) is 0.656. The number of primary amides is 1. The maximum Gasteiger partial charge on any atom is 0.292 e. The molecule has 0 atom stereocenters. The molecule has 0 unspecified atom stereocenters. The van der Waals surface area contributed by atoms with Crippen molar-refractivity contribution in [2.75, 3.05) is 5.32 Å². The van der Waals surface area contributed by atoms with Gasteiger partial charge in [0, 0.05) is 14.7 Å². The number of furan rings is 1. The lowest BCUT2D eigenvalue weighted by atomic mass is 9.95. The molecule has 0 radical (unpaired) electrons. The van der Waals surface area contributed by atoms with Crippen LogP contribution in [0.15, 0.2) is 33.2 Å². The van der Waals surface area contributed by atoms with Crippen molar-refractivity contribution in [3.05, 3.63) is 50.5 Å². The second kappa shape index (κ2) is 6.31. The van der Waals surface area contributed by atoms with E-state index in [9.17, 15) is 9.59 Å². The van der Waals surface area contributed by atoms with Crippen LogP contribution in [0.5, 0.6) is 0 Å². The number of thiophene rings is 1. The van der Waals surface area contributed by atoms with Crippen molar-refractivity contribution in [1.29, 1.82) is 0 Å². The van der Waals surface area contributed by atoms with Crippen LogP contribution in [0.4, 0.5) is 5.00 Å². The first kappa shape index (κ1) is 16.4. The minimum absolute atomic E-state index is 0.204. The molecule has 5 nitrogen and oxygen atoms in total. The summed E-state index contributed by atoms with van der Waals surface area (Å²) in [4.78, 5) is 25.6. The Balaban J connectivity index is 1.68.